The Kier molecular flexibility index (Phi) is 5.72. The summed E-state index contributed by atoms with van der Waals surface area (Å²) in [5.74, 6) is -0.757. The normalized spacial score (nSPS) is 11.2. The van der Waals surface area contributed by atoms with Gasteiger partial charge in [0.2, 0.25) is 5.91 Å². The van der Waals surface area contributed by atoms with Crippen molar-refractivity contribution in [1.29, 1.82) is 0 Å². The molecule has 0 radical (unpaired) electrons. The van der Waals surface area contributed by atoms with E-state index in [1.54, 1.807) is 19.2 Å². The van der Waals surface area contributed by atoms with Gasteiger partial charge in [0.05, 0.1) is 27.9 Å². The highest BCUT2D eigenvalue weighted by molar-refractivity contribution is 5.91. The third kappa shape index (κ3) is 5.34. The van der Waals surface area contributed by atoms with Crippen molar-refractivity contribution < 1.29 is 27.6 Å². The van der Waals surface area contributed by atoms with Crippen LogP contribution < -0.4 is 10.1 Å². The number of hydrogen-bond donors (Lipinski definition) is 1. The van der Waals surface area contributed by atoms with Crippen molar-refractivity contribution in [3.8, 4) is 11.5 Å². The van der Waals surface area contributed by atoms with Gasteiger partial charge in [0.1, 0.15) is 18.0 Å². The number of alkyl halides is 3. The highest BCUT2D eigenvalue weighted by Gasteiger charge is 2.30. The first kappa shape index (κ1) is 20.8. The molecule has 8 nitrogen and oxygen atoms in total. The number of nitrogens with one attached hydrogen (secondary N) is 1. The number of nitro benzene ring substituents is 1. The van der Waals surface area contributed by atoms with E-state index in [9.17, 15) is 28.1 Å². The average Bonchev–Trinajstić information content (AvgIpc) is 3.05. The van der Waals surface area contributed by atoms with Crippen molar-refractivity contribution in [3.05, 3.63) is 76.1 Å². The fourth-order valence-corrected chi connectivity index (χ4v) is 2.59. The van der Waals surface area contributed by atoms with Gasteiger partial charge in [0, 0.05) is 18.3 Å². The van der Waals surface area contributed by atoms with Gasteiger partial charge in [-0.3, -0.25) is 19.6 Å². The fourth-order valence-electron chi connectivity index (χ4n) is 2.59. The largest absolute Gasteiger partial charge is 0.457 e. The van der Waals surface area contributed by atoms with Crippen LogP contribution in [0.3, 0.4) is 0 Å². The predicted molar refractivity (Wildman–Crippen MR) is 100 cm³/mol. The molecule has 0 aliphatic carbocycles. The zero-order valence-electron chi connectivity index (χ0n) is 15.5. The Hall–Kier alpha value is -3.89. The maximum atomic E-state index is 12.9. The second kappa shape index (κ2) is 8.23. The minimum Gasteiger partial charge on any atom is -0.457 e. The number of nitro groups is 1. The van der Waals surface area contributed by atoms with Gasteiger partial charge in [-0.05, 0) is 31.2 Å². The quantitative estimate of drug-likeness (QED) is 0.466. The van der Waals surface area contributed by atoms with Gasteiger partial charge in [-0.15, -0.1) is 0 Å². The van der Waals surface area contributed by atoms with E-state index >= 15 is 0 Å². The summed E-state index contributed by atoms with van der Waals surface area (Å²) in [7, 11) is 0. The molecule has 1 N–H and O–H groups in total. The Bertz CT molecular complexity index is 1100. The molecule has 0 saturated carbocycles. The highest BCUT2D eigenvalue weighted by atomic mass is 19.4. The second-order valence-corrected chi connectivity index (χ2v) is 6.30. The summed E-state index contributed by atoms with van der Waals surface area (Å²) in [6.07, 6.45) is -2.96. The molecule has 1 amide bonds. The van der Waals surface area contributed by atoms with Gasteiger partial charge in [0.25, 0.3) is 5.69 Å². The lowest BCUT2D eigenvalue weighted by molar-refractivity contribution is -0.384. The van der Waals surface area contributed by atoms with Gasteiger partial charge in [-0.2, -0.15) is 18.3 Å². The molecule has 0 fully saturated rings. The van der Waals surface area contributed by atoms with Crippen LogP contribution in [0.4, 0.5) is 24.5 Å². The Morgan fingerprint density at radius 2 is 1.97 bits per heavy atom. The molecule has 0 saturated heterocycles. The van der Waals surface area contributed by atoms with E-state index in [2.05, 4.69) is 10.4 Å². The SMILES string of the molecule is Cc1ccn(CC(=O)Nc2cc(Oc3cccc(C(F)(F)F)c3)cc([N+](=O)[O-])c2)n1. The highest BCUT2D eigenvalue weighted by Crippen LogP contribution is 2.34. The summed E-state index contributed by atoms with van der Waals surface area (Å²) in [4.78, 5) is 22.7. The molecular weight excluding hydrogens is 405 g/mol. The summed E-state index contributed by atoms with van der Waals surface area (Å²) in [5, 5.41) is 17.8. The van der Waals surface area contributed by atoms with Crippen LogP contribution in [0.25, 0.3) is 0 Å². The van der Waals surface area contributed by atoms with Crippen LogP contribution in [-0.4, -0.2) is 20.6 Å². The molecule has 0 unspecified atom stereocenters. The third-order valence-electron chi connectivity index (χ3n) is 3.86. The number of hydrogen-bond acceptors (Lipinski definition) is 5. The number of non-ortho nitro benzene ring substituents is 1. The lowest BCUT2D eigenvalue weighted by Crippen LogP contribution is -2.19. The van der Waals surface area contributed by atoms with E-state index < -0.39 is 28.3 Å². The van der Waals surface area contributed by atoms with Gasteiger partial charge in [-0.25, -0.2) is 0 Å². The zero-order chi connectivity index (χ0) is 21.9. The van der Waals surface area contributed by atoms with Gasteiger partial charge in [-0.1, -0.05) is 6.07 Å². The molecule has 0 bridgehead atoms. The van der Waals surface area contributed by atoms with E-state index in [4.69, 9.17) is 4.74 Å². The number of anilines is 1. The van der Waals surface area contributed by atoms with Crippen LogP contribution in [0.15, 0.2) is 54.7 Å². The third-order valence-corrected chi connectivity index (χ3v) is 3.86. The van der Waals surface area contributed by atoms with Crippen LogP contribution in [0.1, 0.15) is 11.3 Å². The van der Waals surface area contributed by atoms with E-state index in [0.29, 0.717) is 0 Å². The Labute approximate surface area is 168 Å². The number of aromatic nitrogens is 2. The van der Waals surface area contributed by atoms with Gasteiger partial charge >= 0.3 is 6.18 Å². The topological polar surface area (TPSA) is 99.3 Å². The first-order chi connectivity index (χ1) is 14.1. The summed E-state index contributed by atoms with van der Waals surface area (Å²) in [6, 6.07) is 9.25. The minimum atomic E-state index is -4.56. The van der Waals surface area contributed by atoms with Crippen LogP contribution in [-0.2, 0) is 17.5 Å². The molecule has 1 heterocycles. The molecule has 0 atom stereocenters. The van der Waals surface area contributed by atoms with Crippen LogP contribution in [0.2, 0.25) is 0 Å². The zero-order valence-corrected chi connectivity index (χ0v) is 15.5. The first-order valence-electron chi connectivity index (χ1n) is 8.55. The number of halogens is 3. The average molecular weight is 420 g/mol. The monoisotopic (exact) mass is 420 g/mol. The molecule has 0 aliphatic heterocycles. The summed E-state index contributed by atoms with van der Waals surface area (Å²) < 4.78 is 45.4. The van der Waals surface area contributed by atoms with E-state index in [0.717, 1.165) is 36.0 Å². The summed E-state index contributed by atoms with van der Waals surface area (Å²) >= 11 is 0. The Balaban J connectivity index is 1.82. The molecule has 0 spiro atoms. The van der Waals surface area contributed by atoms with Crippen molar-refractivity contribution in [2.24, 2.45) is 0 Å². The first-order valence-corrected chi connectivity index (χ1v) is 8.55. The molecular formula is C19H15F3N4O4. The smallest absolute Gasteiger partial charge is 0.416 e. The summed E-state index contributed by atoms with van der Waals surface area (Å²) in [6.45, 7) is 1.63. The Morgan fingerprint density at radius 1 is 1.20 bits per heavy atom. The molecule has 3 aromatic rings. The summed E-state index contributed by atoms with van der Waals surface area (Å²) in [5.41, 5.74) is -0.548. The molecule has 30 heavy (non-hydrogen) atoms. The van der Waals surface area contributed by atoms with Crippen LogP contribution in [0, 0.1) is 17.0 Å². The number of amides is 1. The fraction of sp³-hybridized carbons (Fsp3) is 0.158. The lowest BCUT2D eigenvalue weighted by atomic mass is 10.2. The second-order valence-electron chi connectivity index (χ2n) is 6.30. The lowest BCUT2D eigenvalue weighted by Gasteiger charge is -2.11. The molecule has 156 valence electrons. The number of rotatable bonds is 6. The van der Waals surface area contributed by atoms with Crippen LogP contribution in [0.5, 0.6) is 11.5 Å². The molecule has 1 aromatic heterocycles. The van der Waals surface area contributed by atoms with Gasteiger partial charge < -0.3 is 10.1 Å². The van der Waals surface area contributed by atoms with E-state index in [1.165, 1.54) is 16.8 Å². The predicted octanol–water partition coefficient (Wildman–Crippen LogP) is 4.55. The van der Waals surface area contributed by atoms with E-state index in [-0.39, 0.29) is 23.7 Å². The van der Waals surface area contributed by atoms with Crippen LogP contribution >= 0.6 is 0 Å². The molecule has 2 aromatic carbocycles. The number of carbonyl (C=O) groups is 1. The maximum Gasteiger partial charge on any atom is 0.416 e. The Morgan fingerprint density at radius 3 is 2.60 bits per heavy atom. The number of nitrogens with zero attached hydrogens (tertiary/aromatic N) is 3. The van der Waals surface area contributed by atoms with Crippen molar-refractivity contribution in [3.63, 3.8) is 0 Å². The number of aryl methyl sites for hydroxylation is 1. The van der Waals surface area contributed by atoms with Crippen molar-refractivity contribution >= 4 is 17.3 Å². The van der Waals surface area contributed by atoms with Crippen molar-refractivity contribution in [2.45, 2.75) is 19.6 Å². The van der Waals surface area contributed by atoms with Crippen molar-refractivity contribution in [2.75, 3.05) is 5.32 Å². The van der Waals surface area contributed by atoms with Crippen molar-refractivity contribution in [1.82, 2.24) is 9.78 Å². The standard InChI is InChI=1S/C19H15F3N4O4/c1-12-5-6-25(24-12)11-18(27)23-14-8-15(26(28)29)10-17(9-14)30-16-4-2-3-13(7-16)19(20,21)22/h2-10H,11H2,1H3,(H,23,27). The maximum absolute atomic E-state index is 12.9. The number of benzene rings is 2. The molecule has 3 rings (SSSR count). The number of ether oxygens (including phenoxy) is 1. The molecule has 0 aliphatic rings. The minimum absolute atomic E-state index is 0.0556. The van der Waals surface area contributed by atoms with Gasteiger partial charge in [0.15, 0.2) is 0 Å². The number of carbonyl (C=O) groups excluding carboxylic acids is 1. The van der Waals surface area contributed by atoms with E-state index in [1.807, 2.05) is 0 Å². The molecule has 11 heteroatoms.